The normalized spacial score (nSPS) is 11.3. The van der Waals surface area contributed by atoms with E-state index in [1.54, 1.807) is 17.9 Å². The molecule has 0 atom stereocenters. The molecule has 24 heavy (non-hydrogen) atoms. The molecule has 0 aliphatic carbocycles. The van der Waals surface area contributed by atoms with Crippen molar-refractivity contribution < 1.29 is 9.53 Å². The molecular weight excluding hydrogens is 330 g/mol. The average Bonchev–Trinajstić information content (AvgIpc) is 3.09. The lowest BCUT2D eigenvalue weighted by Crippen LogP contribution is -2.19. The number of anilines is 1. The van der Waals surface area contributed by atoms with Crippen molar-refractivity contribution in [2.75, 3.05) is 17.9 Å². The molecule has 0 radical (unpaired) electrons. The number of carbonyl (C=O) groups excluding carboxylic acids is 1. The number of carbonyl (C=O) groups is 1. The fourth-order valence-electron chi connectivity index (χ4n) is 1.97. The van der Waals surface area contributed by atoms with E-state index in [1.165, 1.54) is 6.33 Å². The van der Waals surface area contributed by atoms with Gasteiger partial charge < -0.3 is 4.74 Å². The Bertz CT molecular complexity index is 656. The van der Waals surface area contributed by atoms with Gasteiger partial charge in [-0.15, -0.1) is 11.6 Å². The van der Waals surface area contributed by atoms with Crippen LogP contribution in [0, 0.1) is 0 Å². The number of hydrogen-bond acceptors (Lipinski definition) is 6. The van der Waals surface area contributed by atoms with Crippen LogP contribution in [0.2, 0.25) is 0 Å². The van der Waals surface area contributed by atoms with E-state index in [0.717, 1.165) is 11.3 Å². The maximum Gasteiger partial charge on any atom is 0.354 e. The van der Waals surface area contributed by atoms with Crippen molar-refractivity contribution in [1.82, 2.24) is 14.8 Å². The Kier molecular flexibility index (Phi) is 7.22. The molecule has 2 rings (SSSR count). The van der Waals surface area contributed by atoms with Crippen molar-refractivity contribution in [2.45, 2.75) is 26.3 Å². The molecule has 1 heterocycles. The monoisotopic (exact) mass is 349 g/mol. The second-order valence-electron chi connectivity index (χ2n) is 4.97. The average molecular weight is 350 g/mol. The van der Waals surface area contributed by atoms with E-state index < -0.39 is 5.97 Å². The molecule has 1 N–H and O–H groups in total. The zero-order chi connectivity index (χ0) is 17.2. The first-order valence-electron chi connectivity index (χ1n) is 7.70. The van der Waals surface area contributed by atoms with E-state index in [0.29, 0.717) is 37.6 Å². The lowest BCUT2D eigenvalue weighted by Gasteiger charge is -2.07. The smallest absolute Gasteiger partial charge is 0.354 e. The highest BCUT2D eigenvalue weighted by molar-refractivity contribution is 6.36. The number of benzene rings is 1. The zero-order valence-corrected chi connectivity index (χ0v) is 14.2. The van der Waals surface area contributed by atoms with Gasteiger partial charge in [0.2, 0.25) is 0 Å². The summed E-state index contributed by atoms with van der Waals surface area (Å²) in [6, 6.07) is 7.70. The minimum absolute atomic E-state index is 0.315. The van der Waals surface area contributed by atoms with Crippen LogP contribution in [0.15, 0.2) is 42.0 Å². The largest absolute Gasteiger partial charge is 0.461 e. The Hall–Kier alpha value is -2.41. The zero-order valence-electron chi connectivity index (χ0n) is 13.5. The fraction of sp³-hybridized carbons (Fsp3) is 0.375. The maximum atomic E-state index is 11.9. The minimum atomic E-state index is -0.419. The topological polar surface area (TPSA) is 81.4 Å². The van der Waals surface area contributed by atoms with Crippen molar-refractivity contribution in [1.29, 1.82) is 0 Å². The molecule has 0 unspecified atom stereocenters. The fourth-order valence-corrected chi connectivity index (χ4v) is 2.10. The summed E-state index contributed by atoms with van der Waals surface area (Å²) in [5, 5.41) is 8.23. The van der Waals surface area contributed by atoms with Gasteiger partial charge in [0, 0.05) is 5.88 Å². The number of hydrazone groups is 1. The number of halogens is 1. The van der Waals surface area contributed by atoms with Gasteiger partial charge in [0.05, 0.1) is 18.8 Å². The Morgan fingerprint density at radius 3 is 2.79 bits per heavy atom. The lowest BCUT2D eigenvalue weighted by molar-refractivity contribution is -0.135. The molecule has 1 aromatic carbocycles. The molecule has 128 valence electrons. The highest BCUT2D eigenvalue weighted by Crippen LogP contribution is 2.11. The van der Waals surface area contributed by atoms with Crippen molar-refractivity contribution in [3.8, 4) is 0 Å². The van der Waals surface area contributed by atoms with Crippen LogP contribution in [0.25, 0.3) is 0 Å². The van der Waals surface area contributed by atoms with Gasteiger partial charge in [-0.05, 0) is 37.5 Å². The number of ether oxygens (including phenoxy) is 1. The summed E-state index contributed by atoms with van der Waals surface area (Å²) >= 11 is 5.68. The molecule has 0 fully saturated rings. The molecule has 0 amide bonds. The quantitative estimate of drug-likeness (QED) is 0.326. The molecule has 0 spiro atoms. The van der Waals surface area contributed by atoms with Gasteiger partial charge in [0.15, 0.2) is 0 Å². The number of rotatable bonds is 9. The third-order valence-electron chi connectivity index (χ3n) is 3.14. The highest BCUT2D eigenvalue weighted by Gasteiger charge is 2.12. The molecule has 2 aromatic rings. The van der Waals surface area contributed by atoms with Crippen LogP contribution in [0.1, 0.15) is 25.3 Å². The standard InChI is InChI=1S/C16H20ClN5O2/c1-2-24-16(23)15(4-3-9-17)21-20-14-7-5-13(6-8-14)10-22-12-18-11-19-22/h5-8,11-12,20H,2-4,9-10H2,1H3/b21-15+. The van der Waals surface area contributed by atoms with Gasteiger partial charge in [0.25, 0.3) is 0 Å². The van der Waals surface area contributed by atoms with Gasteiger partial charge in [0.1, 0.15) is 18.4 Å². The molecule has 0 aliphatic rings. The molecule has 0 bridgehead atoms. The molecular formula is C16H20ClN5O2. The van der Waals surface area contributed by atoms with E-state index in [1.807, 2.05) is 24.3 Å². The number of hydrogen-bond donors (Lipinski definition) is 1. The minimum Gasteiger partial charge on any atom is -0.461 e. The molecule has 0 saturated carbocycles. The van der Waals surface area contributed by atoms with Crippen molar-refractivity contribution in [3.05, 3.63) is 42.5 Å². The first kappa shape index (κ1) is 17.9. The maximum absolute atomic E-state index is 11.9. The number of aromatic nitrogens is 3. The predicted octanol–water partition coefficient (Wildman–Crippen LogP) is 2.68. The lowest BCUT2D eigenvalue weighted by atomic mass is 10.2. The van der Waals surface area contributed by atoms with Crippen LogP contribution >= 0.6 is 11.6 Å². The Labute approximate surface area is 145 Å². The third-order valence-corrected chi connectivity index (χ3v) is 3.41. The highest BCUT2D eigenvalue weighted by atomic mass is 35.5. The van der Waals surface area contributed by atoms with Gasteiger partial charge in [-0.25, -0.2) is 14.5 Å². The SMILES string of the molecule is CCOC(=O)/C(CCCCl)=N/Nc1ccc(Cn2cncn2)cc1. The van der Waals surface area contributed by atoms with Gasteiger partial charge in [-0.1, -0.05) is 12.1 Å². The number of alkyl halides is 1. The Morgan fingerprint density at radius 2 is 2.17 bits per heavy atom. The number of nitrogens with one attached hydrogen (secondary N) is 1. The summed E-state index contributed by atoms with van der Waals surface area (Å²) in [5.41, 5.74) is 5.09. The van der Waals surface area contributed by atoms with Gasteiger partial charge >= 0.3 is 5.97 Å². The Morgan fingerprint density at radius 1 is 1.38 bits per heavy atom. The second-order valence-corrected chi connectivity index (χ2v) is 5.35. The van der Waals surface area contributed by atoms with E-state index >= 15 is 0 Å². The van der Waals surface area contributed by atoms with Gasteiger partial charge in [-0.2, -0.15) is 10.2 Å². The second kappa shape index (κ2) is 9.67. The summed E-state index contributed by atoms with van der Waals surface area (Å²) in [6.45, 7) is 2.72. The predicted molar refractivity (Wildman–Crippen MR) is 93.2 cm³/mol. The summed E-state index contributed by atoms with van der Waals surface area (Å²) in [7, 11) is 0. The molecule has 0 saturated heterocycles. The first-order valence-corrected chi connectivity index (χ1v) is 8.23. The Balaban J connectivity index is 1.98. The van der Waals surface area contributed by atoms with Crippen LogP contribution in [0.5, 0.6) is 0 Å². The first-order chi connectivity index (χ1) is 11.7. The van der Waals surface area contributed by atoms with Gasteiger partial charge in [-0.3, -0.25) is 5.43 Å². The van der Waals surface area contributed by atoms with E-state index in [4.69, 9.17) is 16.3 Å². The van der Waals surface area contributed by atoms with Crippen molar-refractivity contribution >= 4 is 29.0 Å². The van der Waals surface area contributed by atoms with Crippen molar-refractivity contribution in [3.63, 3.8) is 0 Å². The third kappa shape index (κ3) is 5.66. The summed E-state index contributed by atoms with van der Waals surface area (Å²) in [6.07, 6.45) is 4.30. The van der Waals surface area contributed by atoms with Crippen LogP contribution < -0.4 is 5.43 Å². The summed E-state index contributed by atoms with van der Waals surface area (Å²) < 4.78 is 6.74. The molecule has 1 aromatic heterocycles. The van der Waals surface area contributed by atoms with Crippen LogP contribution in [-0.2, 0) is 16.1 Å². The van der Waals surface area contributed by atoms with E-state index in [2.05, 4.69) is 20.6 Å². The number of nitrogens with zero attached hydrogens (tertiary/aromatic N) is 4. The molecule has 7 nitrogen and oxygen atoms in total. The van der Waals surface area contributed by atoms with E-state index in [-0.39, 0.29) is 0 Å². The number of esters is 1. The van der Waals surface area contributed by atoms with Crippen molar-refractivity contribution in [2.24, 2.45) is 5.10 Å². The summed E-state index contributed by atoms with van der Waals surface area (Å²) in [5.74, 6) is 0.0491. The molecule has 0 aliphatic heterocycles. The molecule has 8 heteroatoms. The van der Waals surface area contributed by atoms with E-state index in [9.17, 15) is 4.79 Å². The van der Waals surface area contributed by atoms with Crippen LogP contribution in [0.3, 0.4) is 0 Å². The summed E-state index contributed by atoms with van der Waals surface area (Å²) in [4.78, 5) is 15.8. The van der Waals surface area contributed by atoms with Crippen LogP contribution in [-0.4, -0.2) is 38.9 Å². The van der Waals surface area contributed by atoms with Crippen LogP contribution in [0.4, 0.5) is 5.69 Å².